The summed E-state index contributed by atoms with van der Waals surface area (Å²) in [7, 11) is 1.64. The van der Waals surface area contributed by atoms with Crippen LogP contribution in [0.1, 0.15) is 24.0 Å². The summed E-state index contributed by atoms with van der Waals surface area (Å²) in [5, 5.41) is 12.2. The molecule has 1 fully saturated rings. The Labute approximate surface area is 160 Å². The van der Waals surface area contributed by atoms with Crippen LogP contribution in [-0.4, -0.2) is 50.0 Å². The fraction of sp³-hybridized carbons (Fsp3) is 0.429. The molecule has 0 aromatic heterocycles. The second kappa shape index (κ2) is 8.40. The number of benzene rings is 2. The van der Waals surface area contributed by atoms with E-state index in [4.69, 9.17) is 21.1 Å². The van der Waals surface area contributed by atoms with Crippen molar-refractivity contribution >= 4 is 11.6 Å². The number of nitrogens with zero attached hydrogens (tertiary/aromatic N) is 1. The lowest BCUT2D eigenvalue weighted by atomic mass is 9.78. The van der Waals surface area contributed by atoms with Crippen LogP contribution in [0.25, 0.3) is 0 Å². The average Bonchev–Trinajstić information content (AvgIpc) is 2.68. The fourth-order valence-corrected chi connectivity index (χ4v) is 3.60. The molecule has 0 spiro atoms. The van der Waals surface area contributed by atoms with E-state index in [1.165, 1.54) is 0 Å². The fourth-order valence-electron chi connectivity index (χ4n) is 3.47. The van der Waals surface area contributed by atoms with Crippen molar-refractivity contribution in [3.8, 4) is 5.75 Å². The predicted molar refractivity (Wildman–Crippen MR) is 104 cm³/mol. The summed E-state index contributed by atoms with van der Waals surface area (Å²) in [6.07, 6.45) is 0. The first-order chi connectivity index (χ1) is 12.5. The van der Waals surface area contributed by atoms with Crippen LogP contribution in [0.2, 0.25) is 5.02 Å². The van der Waals surface area contributed by atoms with Crippen molar-refractivity contribution in [2.24, 2.45) is 0 Å². The van der Waals surface area contributed by atoms with Gasteiger partial charge in [0.25, 0.3) is 0 Å². The van der Waals surface area contributed by atoms with Crippen molar-refractivity contribution < 1.29 is 14.6 Å². The second-order valence-corrected chi connectivity index (χ2v) is 7.33. The third-order valence-corrected chi connectivity index (χ3v) is 5.42. The molecular weight excluding hydrogens is 350 g/mol. The maximum absolute atomic E-state index is 11.5. The summed E-state index contributed by atoms with van der Waals surface area (Å²) in [4.78, 5) is 2.35. The lowest BCUT2D eigenvalue weighted by Gasteiger charge is -2.38. The van der Waals surface area contributed by atoms with Gasteiger partial charge in [-0.1, -0.05) is 35.9 Å². The lowest BCUT2D eigenvalue weighted by Crippen LogP contribution is -2.43. The SMILES string of the molecule is COc1ccc(C(C)(O)C(CN2CCOCC2)c2ccc(Cl)cc2)cc1. The first-order valence-corrected chi connectivity index (χ1v) is 9.31. The van der Waals surface area contributed by atoms with Crippen LogP contribution < -0.4 is 4.74 Å². The third-order valence-electron chi connectivity index (χ3n) is 5.17. The zero-order chi connectivity index (χ0) is 18.6. The van der Waals surface area contributed by atoms with Gasteiger partial charge in [0.15, 0.2) is 0 Å². The van der Waals surface area contributed by atoms with E-state index < -0.39 is 5.60 Å². The Morgan fingerprint density at radius 1 is 1.12 bits per heavy atom. The zero-order valence-electron chi connectivity index (χ0n) is 15.3. The van der Waals surface area contributed by atoms with Gasteiger partial charge in [0.2, 0.25) is 0 Å². The molecule has 0 aliphatic carbocycles. The van der Waals surface area contributed by atoms with E-state index in [1.54, 1.807) is 7.11 Å². The molecule has 4 nitrogen and oxygen atoms in total. The van der Waals surface area contributed by atoms with Gasteiger partial charge >= 0.3 is 0 Å². The van der Waals surface area contributed by atoms with E-state index in [9.17, 15) is 5.11 Å². The monoisotopic (exact) mass is 375 g/mol. The summed E-state index contributed by atoms with van der Waals surface area (Å²) in [6.45, 7) is 5.86. The molecule has 26 heavy (non-hydrogen) atoms. The standard InChI is InChI=1S/C21H26ClNO3/c1-21(24,17-5-9-19(25-2)10-6-17)20(15-23-11-13-26-14-12-23)16-3-7-18(22)8-4-16/h3-10,20,24H,11-15H2,1-2H3. The van der Waals surface area contributed by atoms with Gasteiger partial charge in [0.05, 0.1) is 25.9 Å². The van der Waals surface area contributed by atoms with Gasteiger partial charge in [0.1, 0.15) is 5.75 Å². The number of morpholine rings is 1. The minimum Gasteiger partial charge on any atom is -0.497 e. The highest BCUT2D eigenvalue weighted by atomic mass is 35.5. The Morgan fingerprint density at radius 3 is 2.31 bits per heavy atom. The van der Waals surface area contributed by atoms with Crippen LogP contribution in [0, 0.1) is 0 Å². The van der Waals surface area contributed by atoms with E-state index >= 15 is 0 Å². The molecule has 140 valence electrons. The molecule has 3 rings (SSSR count). The van der Waals surface area contributed by atoms with Crippen molar-refractivity contribution in [3.05, 3.63) is 64.7 Å². The van der Waals surface area contributed by atoms with Crippen LogP contribution >= 0.6 is 11.6 Å². The quantitative estimate of drug-likeness (QED) is 0.836. The summed E-state index contributed by atoms with van der Waals surface area (Å²) < 4.78 is 10.7. The second-order valence-electron chi connectivity index (χ2n) is 6.89. The minimum atomic E-state index is -1.03. The van der Waals surface area contributed by atoms with Crippen LogP contribution in [0.5, 0.6) is 5.75 Å². The Kier molecular flexibility index (Phi) is 6.20. The summed E-state index contributed by atoms with van der Waals surface area (Å²) in [6, 6.07) is 15.4. The maximum Gasteiger partial charge on any atom is 0.118 e. The van der Waals surface area contributed by atoms with E-state index in [2.05, 4.69) is 4.90 Å². The van der Waals surface area contributed by atoms with Crippen molar-refractivity contribution in [1.82, 2.24) is 4.90 Å². The number of rotatable bonds is 6. The summed E-state index contributed by atoms with van der Waals surface area (Å²) in [5.41, 5.74) is 0.909. The Balaban J connectivity index is 1.92. The van der Waals surface area contributed by atoms with Gasteiger partial charge in [-0.15, -0.1) is 0 Å². The molecule has 1 aliphatic rings. The molecule has 0 bridgehead atoms. The smallest absolute Gasteiger partial charge is 0.118 e. The van der Waals surface area contributed by atoms with E-state index in [1.807, 2.05) is 55.5 Å². The van der Waals surface area contributed by atoms with Gasteiger partial charge in [-0.05, 0) is 42.3 Å². The molecule has 2 atom stereocenters. The molecule has 2 aromatic rings. The van der Waals surface area contributed by atoms with E-state index in [0.29, 0.717) is 5.02 Å². The maximum atomic E-state index is 11.5. The molecular formula is C21H26ClNO3. The molecule has 1 N–H and O–H groups in total. The molecule has 5 heteroatoms. The number of halogens is 1. The first kappa shape index (κ1) is 19.2. The number of hydrogen-bond acceptors (Lipinski definition) is 4. The van der Waals surface area contributed by atoms with Crippen molar-refractivity contribution in [2.45, 2.75) is 18.4 Å². The number of methoxy groups -OCH3 is 1. The lowest BCUT2D eigenvalue weighted by molar-refractivity contribution is -0.0107. The molecule has 0 saturated carbocycles. The topological polar surface area (TPSA) is 41.9 Å². The van der Waals surface area contributed by atoms with Crippen LogP contribution in [0.15, 0.2) is 48.5 Å². The molecule has 0 amide bonds. The minimum absolute atomic E-state index is 0.0914. The van der Waals surface area contributed by atoms with Crippen LogP contribution in [0.4, 0.5) is 0 Å². The Hall–Kier alpha value is -1.59. The third kappa shape index (κ3) is 4.38. The van der Waals surface area contributed by atoms with Gasteiger partial charge < -0.3 is 14.6 Å². The highest BCUT2D eigenvalue weighted by Crippen LogP contribution is 2.38. The van der Waals surface area contributed by atoms with Crippen molar-refractivity contribution in [1.29, 1.82) is 0 Å². The van der Waals surface area contributed by atoms with Crippen molar-refractivity contribution in [2.75, 3.05) is 40.0 Å². The average molecular weight is 376 g/mol. The zero-order valence-corrected chi connectivity index (χ0v) is 16.1. The summed E-state index contributed by atoms with van der Waals surface area (Å²) in [5.74, 6) is 0.687. The van der Waals surface area contributed by atoms with Gasteiger partial charge in [-0.25, -0.2) is 0 Å². The largest absolute Gasteiger partial charge is 0.497 e. The molecule has 0 radical (unpaired) electrons. The van der Waals surface area contributed by atoms with E-state index in [-0.39, 0.29) is 5.92 Å². The highest BCUT2D eigenvalue weighted by molar-refractivity contribution is 6.30. The molecule has 1 heterocycles. The number of ether oxygens (including phenoxy) is 2. The van der Waals surface area contributed by atoms with Crippen molar-refractivity contribution in [3.63, 3.8) is 0 Å². The van der Waals surface area contributed by atoms with E-state index in [0.717, 1.165) is 49.7 Å². The van der Waals surface area contributed by atoms with Gasteiger partial charge in [-0.2, -0.15) is 0 Å². The predicted octanol–water partition coefficient (Wildman–Crippen LogP) is 3.67. The normalized spacial score (nSPS) is 18.9. The Bertz CT molecular complexity index is 694. The first-order valence-electron chi connectivity index (χ1n) is 8.93. The Morgan fingerprint density at radius 2 is 1.73 bits per heavy atom. The molecule has 1 aliphatic heterocycles. The number of aliphatic hydroxyl groups is 1. The van der Waals surface area contributed by atoms with Gasteiger partial charge in [0, 0.05) is 30.6 Å². The van der Waals surface area contributed by atoms with Crippen LogP contribution in [0.3, 0.4) is 0 Å². The molecule has 2 unspecified atom stereocenters. The summed E-state index contributed by atoms with van der Waals surface area (Å²) >= 11 is 6.07. The van der Waals surface area contributed by atoms with Crippen LogP contribution in [-0.2, 0) is 10.3 Å². The highest BCUT2D eigenvalue weighted by Gasteiger charge is 2.36. The van der Waals surface area contributed by atoms with Gasteiger partial charge in [-0.3, -0.25) is 4.90 Å². The number of hydrogen-bond donors (Lipinski definition) is 1. The molecule has 1 saturated heterocycles. The molecule has 2 aromatic carbocycles.